The quantitative estimate of drug-likeness (QED) is 0.668. The maximum absolute atomic E-state index is 11.8. The van der Waals surface area contributed by atoms with Crippen LogP contribution in [-0.4, -0.2) is 40.9 Å². The second-order valence-electron chi connectivity index (χ2n) is 3.86. The summed E-state index contributed by atoms with van der Waals surface area (Å²) in [6.07, 6.45) is 3.55. The van der Waals surface area contributed by atoms with Crippen molar-refractivity contribution in [2.75, 3.05) is 18.8 Å². The monoisotopic (exact) mass is 200 g/mol. The summed E-state index contributed by atoms with van der Waals surface area (Å²) in [6, 6.07) is 0.234. The predicted molar refractivity (Wildman–Crippen MR) is 54.7 cm³/mol. The van der Waals surface area contributed by atoms with Crippen LogP contribution < -0.4 is 5.73 Å². The third kappa shape index (κ3) is 1.99. The van der Waals surface area contributed by atoms with E-state index in [0.29, 0.717) is 5.91 Å². The van der Waals surface area contributed by atoms with Crippen molar-refractivity contribution in [3.8, 4) is 0 Å². The van der Waals surface area contributed by atoms with Crippen molar-refractivity contribution in [1.82, 2.24) is 4.90 Å². The number of thioether (sulfide) groups is 1. The lowest BCUT2D eigenvalue weighted by Crippen LogP contribution is -2.59. The van der Waals surface area contributed by atoms with Gasteiger partial charge in [0, 0.05) is 19.1 Å². The molecule has 2 saturated heterocycles. The Hall–Kier alpha value is -0.220. The lowest BCUT2D eigenvalue weighted by atomic mass is 10.1. The average Bonchev–Trinajstić information content (AvgIpc) is 2.13. The second kappa shape index (κ2) is 3.88. The molecule has 0 aliphatic carbocycles. The van der Waals surface area contributed by atoms with E-state index < -0.39 is 0 Å². The van der Waals surface area contributed by atoms with Gasteiger partial charge in [0.25, 0.3) is 0 Å². The average molecular weight is 200 g/mol. The lowest BCUT2D eigenvalue weighted by Gasteiger charge is -2.39. The summed E-state index contributed by atoms with van der Waals surface area (Å²) in [5.74, 6) is 1.47. The van der Waals surface area contributed by atoms with Gasteiger partial charge < -0.3 is 10.6 Å². The van der Waals surface area contributed by atoms with E-state index in [9.17, 15) is 4.79 Å². The van der Waals surface area contributed by atoms with Gasteiger partial charge in [-0.05, 0) is 18.6 Å². The van der Waals surface area contributed by atoms with E-state index in [-0.39, 0.29) is 11.3 Å². The summed E-state index contributed by atoms with van der Waals surface area (Å²) in [4.78, 5) is 13.7. The molecule has 4 heteroatoms. The Morgan fingerprint density at radius 2 is 2.15 bits per heavy atom. The Balaban J connectivity index is 1.82. The highest BCUT2D eigenvalue weighted by Gasteiger charge is 2.33. The summed E-state index contributed by atoms with van der Waals surface area (Å²) in [6.45, 7) is 1.55. The fourth-order valence-corrected chi connectivity index (χ4v) is 3.11. The number of amides is 1. The predicted octanol–water partition coefficient (Wildman–Crippen LogP) is 0.442. The first kappa shape index (κ1) is 9.34. The molecule has 1 unspecified atom stereocenters. The van der Waals surface area contributed by atoms with Crippen molar-refractivity contribution in [2.45, 2.75) is 30.6 Å². The Morgan fingerprint density at radius 3 is 2.69 bits per heavy atom. The molecule has 0 saturated carbocycles. The minimum atomic E-state index is 0.234. The van der Waals surface area contributed by atoms with E-state index in [1.807, 2.05) is 16.7 Å². The molecule has 2 rings (SSSR count). The zero-order valence-electron chi connectivity index (χ0n) is 7.74. The van der Waals surface area contributed by atoms with E-state index in [0.717, 1.165) is 25.3 Å². The van der Waals surface area contributed by atoms with Gasteiger partial charge in [-0.3, -0.25) is 4.79 Å². The smallest absolute Gasteiger partial charge is 0.235 e. The SMILES string of the molecule is NC1CN(C(=O)C2CCCCS2)C1. The van der Waals surface area contributed by atoms with Crippen LogP contribution in [0.1, 0.15) is 19.3 Å². The van der Waals surface area contributed by atoms with Gasteiger partial charge in [-0.1, -0.05) is 6.42 Å². The summed E-state index contributed by atoms with van der Waals surface area (Å²) >= 11 is 1.82. The first-order chi connectivity index (χ1) is 6.27. The summed E-state index contributed by atoms with van der Waals surface area (Å²) in [5.41, 5.74) is 5.64. The Labute approximate surface area is 83.0 Å². The molecule has 0 aromatic carbocycles. The maximum Gasteiger partial charge on any atom is 0.235 e. The molecule has 0 radical (unpaired) electrons. The number of rotatable bonds is 1. The normalized spacial score (nSPS) is 29.9. The van der Waals surface area contributed by atoms with Crippen LogP contribution in [0.4, 0.5) is 0 Å². The molecule has 0 aromatic rings. The van der Waals surface area contributed by atoms with Gasteiger partial charge in [-0.2, -0.15) is 0 Å². The van der Waals surface area contributed by atoms with Crippen molar-refractivity contribution >= 4 is 17.7 Å². The first-order valence-electron chi connectivity index (χ1n) is 4.93. The molecule has 2 N–H and O–H groups in total. The lowest BCUT2D eigenvalue weighted by molar-refractivity contribution is -0.135. The van der Waals surface area contributed by atoms with Gasteiger partial charge in [0.1, 0.15) is 0 Å². The standard InChI is InChI=1S/C9H16N2OS/c10-7-5-11(6-7)9(12)8-3-1-2-4-13-8/h7-8H,1-6,10H2. The number of carbonyl (C=O) groups excluding carboxylic acids is 1. The number of nitrogens with zero attached hydrogens (tertiary/aromatic N) is 1. The first-order valence-corrected chi connectivity index (χ1v) is 5.98. The van der Waals surface area contributed by atoms with Crippen LogP contribution in [0.2, 0.25) is 0 Å². The molecule has 3 nitrogen and oxygen atoms in total. The molecule has 13 heavy (non-hydrogen) atoms. The van der Waals surface area contributed by atoms with Gasteiger partial charge in [0.2, 0.25) is 5.91 Å². The Morgan fingerprint density at radius 1 is 1.38 bits per heavy atom. The van der Waals surface area contributed by atoms with E-state index in [4.69, 9.17) is 5.73 Å². The van der Waals surface area contributed by atoms with Gasteiger partial charge in [-0.15, -0.1) is 11.8 Å². The van der Waals surface area contributed by atoms with Gasteiger partial charge >= 0.3 is 0 Å². The highest BCUT2D eigenvalue weighted by Crippen LogP contribution is 2.27. The third-order valence-corrected chi connectivity index (χ3v) is 4.04. The molecule has 2 heterocycles. The summed E-state index contributed by atoms with van der Waals surface area (Å²) < 4.78 is 0. The second-order valence-corrected chi connectivity index (χ2v) is 5.17. The minimum absolute atomic E-state index is 0.234. The number of carbonyl (C=O) groups is 1. The van der Waals surface area contributed by atoms with Crippen molar-refractivity contribution in [2.24, 2.45) is 5.73 Å². The van der Waals surface area contributed by atoms with E-state index in [1.165, 1.54) is 12.8 Å². The Kier molecular flexibility index (Phi) is 2.79. The van der Waals surface area contributed by atoms with Crippen molar-refractivity contribution in [3.05, 3.63) is 0 Å². The van der Waals surface area contributed by atoms with E-state index in [1.54, 1.807) is 0 Å². The maximum atomic E-state index is 11.8. The molecule has 2 fully saturated rings. The van der Waals surface area contributed by atoms with Gasteiger partial charge in [-0.25, -0.2) is 0 Å². The molecule has 0 bridgehead atoms. The highest BCUT2D eigenvalue weighted by molar-refractivity contribution is 8.00. The zero-order chi connectivity index (χ0) is 9.26. The number of hydrogen-bond acceptors (Lipinski definition) is 3. The van der Waals surface area contributed by atoms with Crippen molar-refractivity contribution in [1.29, 1.82) is 0 Å². The van der Waals surface area contributed by atoms with Gasteiger partial charge in [0.15, 0.2) is 0 Å². The largest absolute Gasteiger partial charge is 0.338 e. The molecular formula is C9H16N2OS. The summed E-state index contributed by atoms with van der Waals surface area (Å²) in [7, 11) is 0. The summed E-state index contributed by atoms with van der Waals surface area (Å²) in [5, 5.41) is 0.237. The molecule has 0 aromatic heterocycles. The molecular weight excluding hydrogens is 184 g/mol. The van der Waals surface area contributed by atoms with Crippen LogP contribution in [0, 0.1) is 0 Å². The molecule has 2 aliphatic heterocycles. The number of hydrogen-bond donors (Lipinski definition) is 1. The molecule has 0 spiro atoms. The van der Waals surface area contributed by atoms with Crippen LogP contribution in [0.15, 0.2) is 0 Å². The van der Waals surface area contributed by atoms with Crippen LogP contribution >= 0.6 is 11.8 Å². The number of likely N-dealkylation sites (tertiary alicyclic amines) is 1. The third-order valence-electron chi connectivity index (χ3n) is 2.68. The van der Waals surface area contributed by atoms with Gasteiger partial charge in [0.05, 0.1) is 5.25 Å². The molecule has 1 amide bonds. The zero-order valence-corrected chi connectivity index (χ0v) is 8.55. The highest BCUT2D eigenvalue weighted by atomic mass is 32.2. The topological polar surface area (TPSA) is 46.3 Å². The Bertz CT molecular complexity index is 198. The van der Waals surface area contributed by atoms with Crippen LogP contribution in [-0.2, 0) is 4.79 Å². The van der Waals surface area contributed by atoms with E-state index >= 15 is 0 Å². The van der Waals surface area contributed by atoms with Crippen LogP contribution in [0.25, 0.3) is 0 Å². The fraction of sp³-hybridized carbons (Fsp3) is 0.889. The molecule has 1 atom stereocenters. The molecule has 2 aliphatic rings. The van der Waals surface area contributed by atoms with Crippen molar-refractivity contribution in [3.63, 3.8) is 0 Å². The minimum Gasteiger partial charge on any atom is -0.338 e. The fourth-order valence-electron chi connectivity index (χ4n) is 1.83. The van der Waals surface area contributed by atoms with E-state index in [2.05, 4.69) is 0 Å². The van der Waals surface area contributed by atoms with Crippen LogP contribution in [0.5, 0.6) is 0 Å². The van der Waals surface area contributed by atoms with Crippen LogP contribution in [0.3, 0.4) is 0 Å². The van der Waals surface area contributed by atoms with Crippen molar-refractivity contribution < 1.29 is 4.79 Å². The number of nitrogens with two attached hydrogens (primary N) is 1. The molecule has 74 valence electrons.